The van der Waals surface area contributed by atoms with Crippen molar-refractivity contribution in [3.63, 3.8) is 0 Å². The maximum Gasteiger partial charge on any atom is 0.246 e. The molecule has 1 aliphatic heterocycles. The Balaban J connectivity index is 2.03. The van der Waals surface area contributed by atoms with Crippen molar-refractivity contribution >= 4 is 17.9 Å². The van der Waals surface area contributed by atoms with Gasteiger partial charge in [-0.2, -0.15) is 0 Å². The van der Waals surface area contributed by atoms with Gasteiger partial charge in [-0.25, -0.2) is 0 Å². The van der Waals surface area contributed by atoms with E-state index in [0.717, 1.165) is 18.4 Å². The molecular formula is C15H19N3O2. The van der Waals surface area contributed by atoms with Crippen LogP contribution in [0, 0.1) is 5.92 Å². The van der Waals surface area contributed by atoms with Crippen LogP contribution in [-0.2, 0) is 9.59 Å². The van der Waals surface area contributed by atoms with Crippen molar-refractivity contribution in [2.75, 3.05) is 6.54 Å². The molecule has 5 heteroatoms. The summed E-state index contributed by atoms with van der Waals surface area (Å²) in [7, 11) is 0. The lowest BCUT2D eigenvalue weighted by molar-refractivity contribution is -0.133. The molecule has 0 aromatic carbocycles. The minimum absolute atomic E-state index is 0.0905. The number of nitrogens with two attached hydrogens (primary N) is 1. The Bertz CT molecular complexity index is 513. The molecule has 0 spiro atoms. The monoisotopic (exact) mass is 273 g/mol. The van der Waals surface area contributed by atoms with Crippen molar-refractivity contribution in [1.29, 1.82) is 0 Å². The first-order valence-electron chi connectivity index (χ1n) is 6.76. The maximum atomic E-state index is 12.2. The number of carbonyl (C=O) groups is 2. The Morgan fingerprint density at radius 3 is 2.90 bits per heavy atom. The Kier molecular flexibility index (Phi) is 4.50. The summed E-state index contributed by atoms with van der Waals surface area (Å²) in [5.74, 6) is -0.653. The largest absolute Gasteiger partial charge is 0.369 e. The fraction of sp³-hybridized carbons (Fsp3) is 0.400. The molecule has 1 aliphatic rings. The molecule has 0 bridgehead atoms. The van der Waals surface area contributed by atoms with Gasteiger partial charge in [0.05, 0.1) is 5.92 Å². The maximum absolute atomic E-state index is 12.2. The summed E-state index contributed by atoms with van der Waals surface area (Å²) in [6.45, 7) is 2.40. The van der Waals surface area contributed by atoms with Crippen molar-refractivity contribution in [2.24, 2.45) is 11.7 Å². The third-order valence-corrected chi connectivity index (χ3v) is 3.67. The number of hydrogen-bond donors (Lipinski definition) is 1. The minimum Gasteiger partial charge on any atom is -0.369 e. The molecule has 0 aliphatic carbocycles. The van der Waals surface area contributed by atoms with Gasteiger partial charge in [0.2, 0.25) is 11.8 Å². The molecule has 1 fully saturated rings. The van der Waals surface area contributed by atoms with E-state index in [1.54, 1.807) is 23.4 Å². The highest BCUT2D eigenvalue weighted by molar-refractivity contribution is 5.92. The summed E-state index contributed by atoms with van der Waals surface area (Å²) >= 11 is 0. The van der Waals surface area contributed by atoms with E-state index in [4.69, 9.17) is 5.73 Å². The van der Waals surface area contributed by atoms with Crippen LogP contribution >= 0.6 is 0 Å². The summed E-state index contributed by atoms with van der Waals surface area (Å²) in [6.07, 6.45) is 8.19. The molecule has 5 nitrogen and oxygen atoms in total. The second-order valence-electron chi connectivity index (χ2n) is 5.14. The fourth-order valence-corrected chi connectivity index (χ4v) is 2.38. The highest BCUT2D eigenvalue weighted by atomic mass is 16.2. The molecule has 2 heterocycles. The van der Waals surface area contributed by atoms with Crippen LogP contribution in [0.2, 0.25) is 0 Å². The van der Waals surface area contributed by atoms with Gasteiger partial charge < -0.3 is 10.6 Å². The summed E-state index contributed by atoms with van der Waals surface area (Å²) < 4.78 is 0. The highest BCUT2D eigenvalue weighted by Crippen LogP contribution is 2.22. The number of piperidine rings is 1. The molecule has 2 N–H and O–H groups in total. The van der Waals surface area contributed by atoms with Crippen LogP contribution in [0.15, 0.2) is 30.6 Å². The number of carbonyl (C=O) groups excluding carboxylic acids is 2. The standard InChI is InChI=1S/C15H19N3O2/c1-11-4-6-13(15(16)20)10-18(11)14(19)7-5-12-3-2-8-17-9-12/h2-3,5,7-9,11,13H,4,6,10H2,1H3,(H2,16,20)/b7-5+. The van der Waals surface area contributed by atoms with Gasteiger partial charge in [0, 0.05) is 31.1 Å². The second-order valence-corrected chi connectivity index (χ2v) is 5.14. The number of aromatic nitrogens is 1. The van der Waals surface area contributed by atoms with Crippen LogP contribution < -0.4 is 5.73 Å². The average molecular weight is 273 g/mol. The van der Waals surface area contributed by atoms with Crippen molar-refractivity contribution in [3.05, 3.63) is 36.2 Å². The van der Waals surface area contributed by atoms with Gasteiger partial charge in [0.1, 0.15) is 0 Å². The molecule has 2 rings (SSSR count). The average Bonchev–Trinajstić information content (AvgIpc) is 2.46. The normalized spacial score (nSPS) is 22.9. The zero-order valence-electron chi connectivity index (χ0n) is 11.5. The van der Waals surface area contributed by atoms with Gasteiger partial charge >= 0.3 is 0 Å². The summed E-state index contributed by atoms with van der Waals surface area (Å²) in [5, 5.41) is 0. The lowest BCUT2D eigenvalue weighted by Crippen LogP contribution is -2.48. The van der Waals surface area contributed by atoms with Crippen molar-refractivity contribution in [3.8, 4) is 0 Å². The van der Waals surface area contributed by atoms with Crippen molar-refractivity contribution in [2.45, 2.75) is 25.8 Å². The third-order valence-electron chi connectivity index (χ3n) is 3.67. The molecule has 0 saturated carbocycles. The molecule has 1 aromatic heterocycles. The molecule has 0 radical (unpaired) electrons. The second kappa shape index (κ2) is 6.32. The summed E-state index contributed by atoms with van der Waals surface area (Å²) in [5.41, 5.74) is 6.21. The molecular weight excluding hydrogens is 254 g/mol. The van der Waals surface area contributed by atoms with Crippen LogP contribution in [0.4, 0.5) is 0 Å². The van der Waals surface area contributed by atoms with Crippen molar-refractivity contribution < 1.29 is 9.59 Å². The van der Waals surface area contributed by atoms with E-state index in [1.165, 1.54) is 6.08 Å². The van der Waals surface area contributed by atoms with Gasteiger partial charge in [-0.15, -0.1) is 0 Å². The van der Waals surface area contributed by atoms with Gasteiger partial charge in [0.25, 0.3) is 0 Å². The van der Waals surface area contributed by atoms with E-state index in [2.05, 4.69) is 4.98 Å². The van der Waals surface area contributed by atoms with Crippen molar-refractivity contribution in [1.82, 2.24) is 9.88 Å². The topological polar surface area (TPSA) is 76.3 Å². The summed E-state index contributed by atoms with van der Waals surface area (Å²) in [6, 6.07) is 3.83. The SMILES string of the molecule is CC1CCC(C(N)=O)CN1C(=O)/C=C/c1cccnc1. The first kappa shape index (κ1) is 14.2. The number of pyridine rings is 1. The Morgan fingerprint density at radius 2 is 2.25 bits per heavy atom. The first-order chi connectivity index (χ1) is 9.58. The predicted molar refractivity (Wildman–Crippen MR) is 76.4 cm³/mol. The molecule has 106 valence electrons. The van der Waals surface area contributed by atoms with E-state index < -0.39 is 0 Å². The van der Waals surface area contributed by atoms with Gasteiger partial charge in [-0.05, 0) is 37.5 Å². The van der Waals surface area contributed by atoms with E-state index in [-0.39, 0.29) is 23.8 Å². The third kappa shape index (κ3) is 3.44. The van der Waals surface area contributed by atoms with E-state index in [9.17, 15) is 9.59 Å². The highest BCUT2D eigenvalue weighted by Gasteiger charge is 2.30. The zero-order chi connectivity index (χ0) is 14.5. The number of likely N-dealkylation sites (tertiary alicyclic amines) is 1. The van der Waals surface area contributed by atoms with E-state index in [1.807, 2.05) is 19.1 Å². The van der Waals surface area contributed by atoms with Crippen LogP contribution in [0.1, 0.15) is 25.3 Å². The van der Waals surface area contributed by atoms with Gasteiger partial charge in [-0.1, -0.05) is 6.07 Å². The van der Waals surface area contributed by atoms with Crippen LogP contribution in [0.5, 0.6) is 0 Å². The Labute approximate surface area is 118 Å². The van der Waals surface area contributed by atoms with E-state index in [0.29, 0.717) is 6.54 Å². The van der Waals surface area contributed by atoms with Crippen LogP contribution in [0.3, 0.4) is 0 Å². The molecule has 2 unspecified atom stereocenters. The van der Waals surface area contributed by atoms with Crippen LogP contribution in [-0.4, -0.2) is 34.3 Å². The Hall–Kier alpha value is -2.17. The van der Waals surface area contributed by atoms with E-state index >= 15 is 0 Å². The first-order valence-corrected chi connectivity index (χ1v) is 6.76. The lowest BCUT2D eigenvalue weighted by Gasteiger charge is -2.36. The molecule has 2 amide bonds. The van der Waals surface area contributed by atoms with Gasteiger partial charge in [-0.3, -0.25) is 14.6 Å². The number of hydrogen-bond acceptors (Lipinski definition) is 3. The number of primary amides is 1. The molecule has 2 atom stereocenters. The zero-order valence-corrected chi connectivity index (χ0v) is 11.5. The number of nitrogens with zero attached hydrogens (tertiary/aromatic N) is 2. The lowest BCUT2D eigenvalue weighted by atomic mass is 9.93. The summed E-state index contributed by atoms with van der Waals surface area (Å²) in [4.78, 5) is 29.2. The molecule has 1 saturated heterocycles. The quantitative estimate of drug-likeness (QED) is 0.841. The minimum atomic E-state index is -0.328. The van der Waals surface area contributed by atoms with Crippen LogP contribution in [0.25, 0.3) is 6.08 Å². The number of amides is 2. The fourth-order valence-electron chi connectivity index (χ4n) is 2.38. The Morgan fingerprint density at radius 1 is 1.45 bits per heavy atom. The molecule has 1 aromatic rings. The smallest absolute Gasteiger partial charge is 0.246 e. The number of rotatable bonds is 3. The predicted octanol–water partition coefficient (Wildman–Crippen LogP) is 1.21. The van der Waals surface area contributed by atoms with Gasteiger partial charge in [0.15, 0.2) is 0 Å². The molecule has 20 heavy (non-hydrogen) atoms.